The van der Waals surface area contributed by atoms with Gasteiger partial charge in [-0.2, -0.15) is 4.52 Å². The van der Waals surface area contributed by atoms with E-state index in [-0.39, 0.29) is 5.91 Å². The van der Waals surface area contributed by atoms with Crippen LogP contribution in [0.25, 0.3) is 5.65 Å². The zero-order valence-electron chi connectivity index (χ0n) is 15.4. The SMILES string of the molecule is Cc1ccc(C(=O)NCCc2nnc3ccc(NCc4ccco4)nn23)cc1. The number of aromatic nitrogens is 4. The molecule has 4 aromatic rings. The summed E-state index contributed by atoms with van der Waals surface area (Å²) < 4.78 is 6.99. The lowest BCUT2D eigenvalue weighted by atomic mass is 10.1. The first-order valence-electron chi connectivity index (χ1n) is 9.01. The quantitative estimate of drug-likeness (QED) is 0.515. The molecule has 0 bridgehead atoms. The number of benzene rings is 1. The smallest absolute Gasteiger partial charge is 0.251 e. The summed E-state index contributed by atoms with van der Waals surface area (Å²) in [5, 5.41) is 18.9. The van der Waals surface area contributed by atoms with Crippen molar-refractivity contribution >= 4 is 17.4 Å². The molecule has 4 rings (SSSR count). The molecule has 2 N–H and O–H groups in total. The molecular weight excluding hydrogens is 356 g/mol. The highest BCUT2D eigenvalue weighted by Gasteiger charge is 2.10. The average Bonchev–Trinajstić information content (AvgIpc) is 3.37. The lowest BCUT2D eigenvalue weighted by Crippen LogP contribution is -2.26. The Labute approximate surface area is 161 Å². The van der Waals surface area contributed by atoms with E-state index in [0.29, 0.717) is 42.4 Å². The number of hydrogen-bond acceptors (Lipinski definition) is 6. The van der Waals surface area contributed by atoms with Crippen molar-refractivity contribution in [1.29, 1.82) is 0 Å². The van der Waals surface area contributed by atoms with Crippen molar-refractivity contribution in [1.82, 2.24) is 25.1 Å². The monoisotopic (exact) mass is 376 g/mol. The van der Waals surface area contributed by atoms with E-state index in [1.165, 1.54) is 0 Å². The Morgan fingerprint density at radius 3 is 2.75 bits per heavy atom. The zero-order chi connectivity index (χ0) is 19.3. The summed E-state index contributed by atoms with van der Waals surface area (Å²) in [6.07, 6.45) is 2.16. The Morgan fingerprint density at radius 1 is 1.11 bits per heavy atom. The number of carbonyl (C=O) groups excluding carboxylic acids is 1. The number of fused-ring (bicyclic) bond motifs is 1. The van der Waals surface area contributed by atoms with Crippen LogP contribution in [0.1, 0.15) is 27.5 Å². The minimum absolute atomic E-state index is 0.109. The molecule has 142 valence electrons. The predicted molar refractivity (Wildman–Crippen MR) is 104 cm³/mol. The van der Waals surface area contributed by atoms with Crippen molar-refractivity contribution < 1.29 is 9.21 Å². The van der Waals surface area contributed by atoms with E-state index in [2.05, 4.69) is 25.9 Å². The Kier molecular flexibility index (Phi) is 5.01. The van der Waals surface area contributed by atoms with E-state index in [4.69, 9.17) is 4.42 Å². The van der Waals surface area contributed by atoms with Crippen molar-refractivity contribution in [3.05, 3.63) is 77.5 Å². The molecular formula is C20H20N6O2. The molecule has 0 atom stereocenters. The summed E-state index contributed by atoms with van der Waals surface area (Å²) in [4.78, 5) is 12.2. The highest BCUT2D eigenvalue weighted by atomic mass is 16.3. The van der Waals surface area contributed by atoms with E-state index in [0.717, 1.165) is 11.3 Å². The summed E-state index contributed by atoms with van der Waals surface area (Å²) in [5.74, 6) is 2.08. The van der Waals surface area contributed by atoms with Crippen LogP contribution < -0.4 is 10.6 Å². The van der Waals surface area contributed by atoms with Crippen molar-refractivity contribution in [3.8, 4) is 0 Å². The molecule has 0 aliphatic carbocycles. The highest BCUT2D eigenvalue weighted by Crippen LogP contribution is 2.10. The van der Waals surface area contributed by atoms with Crippen LogP contribution in [0.2, 0.25) is 0 Å². The van der Waals surface area contributed by atoms with Gasteiger partial charge >= 0.3 is 0 Å². The number of hydrogen-bond donors (Lipinski definition) is 2. The van der Waals surface area contributed by atoms with Crippen LogP contribution in [0.3, 0.4) is 0 Å². The molecule has 3 heterocycles. The van der Waals surface area contributed by atoms with Crippen molar-refractivity contribution in [2.24, 2.45) is 0 Å². The van der Waals surface area contributed by atoms with Crippen LogP contribution in [-0.2, 0) is 13.0 Å². The first kappa shape index (κ1) is 17.7. The third-order valence-electron chi connectivity index (χ3n) is 4.30. The van der Waals surface area contributed by atoms with E-state index in [9.17, 15) is 4.79 Å². The van der Waals surface area contributed by atoms with E-state index < -0.39 is 0 Å². The maximum absolute atomic E-state index is 12.2. The minimum atomic E-state index is -0.109. The van der Waals surface area contributed by atoms with Crippen LogP contribution in [-0.4, -0.2) is 32.3 Å². The number of amides is 1. The van der Waals surface area contributed by atoms with Crippen LogP contribution in [0.4, 0.5) is 5.82 Å². The van der Waals surface area contributed by atoms with Crippen LogP contribution in [0.15, 0.2) is 59.2 Å². The molecule has 0 unspecified atom stereocenters. The maximum Gasteiger partial charge on any atom is 0.251 e. The van der Waals surface area contributed by atoms with Crippen LogP contribution >= 0.6 is 0 Å². The van der Waals surface area contributed by atoms with Gasteiger partial charge in [-0.3, -0.25) is 4.79 Å². The van der Waals surface area contributed by atoms with Gasteiger partial charge in [-0.15, -0.1) is 15.3 Å². The Bertz CT molecular complexity index is 1070. The van der Waals surface area contributed by atoms with Gasteiger partial charge in [0.15, 0.2) is 11.5 Å². The standard InChI is InChI=1S/C20H20N6O2/c1-14-4-6-15(7-5-14)20(27)21-11-10-19-24-23-18-9-8-17(25-26(18)19)22-13-16-3-2-12-28-16/h2-9,12H,10-11,13H2,1H3,(H,21,27)(H,22,25). The lowest BCUT2D eigenvalue weighted by molar-refractivity contribution is 0.0954. The number of anilines is 1. The third-order valence-corrected chi connectivity index (χ3v) is 4.30. The fourth-order valence-electron chi connectivity index (χ4n) is 2.77. The summed E-state index contributed by atoms with van der Waals surface area (Å²) >= 11 is 0. The van der Waals surface area contributed by atoms with Crippen LogP contribution in [0.5, 0.6) is 0 Å². The summed E-state index contributed by atoms with van der Waals surface area (Å²) in [6, 6.07) is 14.9. The zero-order valence-corrected chi connectivity index (χ0v) is 15.4. The normalized spacial score (nSPS) is 10.9. The van der Waals surface area contributed by atoms with Crippen LogP contribution in [0, 0.1) is 6.92 Å². The maximum atomic E-state index is 12.2. The molecule has 8 heteroatoms. The van der Waals surface area contributed by atoms with Crippen molar-refractivity contribution in [2.75, 3.05) is 11.9 Å². The Morgan fingerprint density at radius 2 is 1.96 bits per heavy atom. The van der Waals surface area contributed by atoms with E-state index in [1.54, 1.807) is 10.8 Å². The van der Waals surface area contributed by atoms with Crippen molar-refractivity contribution in [3.63, 3.8) is 0 Å². The van der Waals surface area contributed by atoms with Gasteiger partial charge < -0.3 is 15.1 Å². The lowest BCUT2D eigenvalue weighted by Gasteiger charge is -2.06. The molecule has 0 aliphatic heterocycles. The summed E-state index contributed by atoms with van der Waals surface area (Å²) in [5.41, 5.74) is 2.41. The van der Waals surface area contributed by atoms with Gasteiger partial charge in [-0.1, -0.05) is 17.7 Å². The molecule has 3 aromatic heterocycles. The van der Waals surface area contributed by atoms with Gasteiger partial charge in [0.25, 0.3) is 5.91 Å². The van der Waals surface area contributed by atoms with E-state index in [1.807, 2.05) is 55.5 Å². The summed E-state index contributed by atoms with van der Waals surface area (Å²) in [7, 11) is 0. The second-order valence-electron chi connectivity index (χ2n) is 6.41. The minimum Gasteiger partial charge on any atom is -0.467 e. The largest absolute Gasteiger partial charge is 0.467 e. The van der Waals surface area contributed by atoms with Gasteiger partial charge in [-0.25, -0.2) is 0 Å². The molecule has 0 spiro atoms. The van der Waals surface area contributed by atoms with Gasteiger partial charge in [0.05, 0.1) is 12.8 Å². The predicted octanol–water partition coefficient (Wildman–Crippen LogP) is 2.61. The number of nitrogens with zero attached hydrogens (tertiary/aromatic N) is 4. The highest BCUT2D eigenvalue weighted by molar-refractivity contribution is 5.94. The fourth-order valence-corrected chi connectivity index (χ4v) is 2.77. The molecule has 0 saturated carbocycles. The average molecular weight is 376 g/mol. The fraction of sp³-hybridized carbons (Fsp3) is 0.200. The van der Waals surface area contributed by atoms with Gasteiger partial charge in [0.2, 0.25) is 0 Å². The second kappa shape index (κ2) is 7.91. The Hall–Kier alpha value is -3.68. The third kappa shape index (κ3) is 4.01. The van der Waals surface area contributed by atoms with E-state index >= 15 is 0 Å². The Balaban J connectivity index is 1.38. The molecule has 0 radical (unpaired) electrons. The number of carbonyl (C=O) groups is 1. The number of nitrogens with one attached hydrogen (secondary N) is 2. The topological polar surface area (TPSA) is 97.3 Å². The molecule has 0 fully saturated rings. The molecule has 1 amide bonds. The number of aryl methyl sites for hydroxylation is 1. The molecule has 0 saturated heterocycles. The first-order chi connectivity index (χ1) is 13.7. The molecule has 1 aromatic carbocycles. The molecule has 28 heavy (non-hydrogen) atoms. The molecule has 8 nitrogen and oxygen atoms in total. The first-order valence-corrected chi connectivity index (χ1v) is 9.01. The van der Waals surface area contributed by atoms with Gasteiger partial charge in [0.1, 0.15) is 11.6 Å². The molecule has 0 aliphatic rings. The number of furan rings is 1. The second-order valence-corrected chi connectivity index (χ2v) is 6.41. The number of rotatable bonds is 7. The van der Waals surface area contributed by atoms with Gasteiger partial charge in [0, 0.05) is 18.5 Å². The summed E-state index contributed by atoms with van der Waals surface area (Å²) in [6.45, 7) is 2.97. The van der Waals surface area contributed by atoms with Crippen molar-refractivity contribution in [2.45, 2.75) is 19.9 Å². The van der Waals surface area contributed by atoms with Gasteiger partial charge in [-0.05, 0) is 43.3 Å².